The minimum Gasteiger partial charge on any atom is -0.383 e. The highest BCUT2D eigenvalue weighted by molar-refractivity contribution is 7.11. The lowest BCUT2D eigenvalue weighted by Crippen LogP contribution is -2.34. The zero-order valence-electron chi connectivity index (χ0n) is 9.32. The van der Waals surface area contributed by atoms with Gasteiger partial charge >= 0.3 is 0 Å². The van der Waals surface area contributed by atoms with E-state index in [1.165, 1.54) is 17.7 Å². The van der Waals surface area contributed by atoms with Crippen LogP contribution in [0.25, 0.3) is 0 Å². The summed E-state index contributed by atoms with van der Waals surface area (Å²) in [6.07, 6.45) is 4.66. The van der Waals surface area contributed by atoms with E-state index in [9.17, 15) is 0 Å². The molecule has 0 radical (unpaired) electrons. The first-order valence-electron chi connectivity index (χ1n) is 5.43. The molecule has 3 nitrogen and oxygen atoms in total. The van der Waals surface area contributed by atoms with Crippen LogP contribution in [0, 0.1) is 12.8 Å². The summed E-state index contributed by atoms with van der Waals surface area (Å²) in [7, 11) is 1.77. The first kappa shape index (κ1) is 11.0. The molecule has 1 N–H and O–H groups in total. The molecule has 15 heavy (non-hydrogen) atoms. The van der Waals surface area contributed by atoms with Crippen molar-refractivity contribution in [3.05, 3.63) is 16.1 Å². The molecule has 0 amide bonds. The molecule has 4 heteroatoms. The largest absolute Gasteiger partial charge is 0.383 e. The zero-order chi connectivity index (χ0) is 10.7. The van der Waals surface area contributed by atoms with E-state index in [1.54, 1.807) is 18.4 Å². The quantitative estimate of drug-likeness (QED) is 0.805. The normalized spacial score (nSPS) is 18.0. The van der Waals surface area contributed by atoms with Crippen molar-refractivity contribution in [1.82, 2.24) is 10.3 Å². The van der Waals surface area contributed by atoms with Crippen LogP contribution in [-0.4, -0.2) is 24.7 Å². The molecule has 0 spiro atoms. The molecule has 1 fully saturated rings. The van der Waals surface area contributed by atoms with Gasteiger partial charge in [0.25, 0.3) is 0 Å². The molecule has 1 saturated carbocycles. The second-order valence-corrected chi connectivity index (χ2v) is 5.45. The first-order valence-corrected chi connectivity index (χ1v) is 6.25. The molecule has 1 unspecified atom stereocenters. The van der Waals surface area contributed by atoms with Crippen molar-refractivity contribution in [1.29, 1.82) is 0 Å². The van der Waals surface area contributed by atoms with Crippen molar-refractivity contribution in [2.75, 3.05) is 13.7 Å². The third-order valence-corrected chi connectivity index (χ3v) is 3.66. The minimum absolute atomic E-state index is 0.525. The highest BCUT2D eigenvalue weighted by Gasteiger charge is 2.30. The van der Waals surface area contributed by atoms with E-state index in [4.69, 9.17) is 4.74 Å². The monoisotopic (exact) mass is 226 g/mol. The van der Waals surface area contributed by atoms with E-state index >= 15 is 0 Å². The Kier molecular flexibility index (Phi) is 3.72. The Morgan fingerprint density at radius 3 is 3.00 bits per heavy atom. The molecule has 1 heterocycles. The van der Waals surface area contributed by atoms with Crippen LogP contribution in [0.1, 0.15) is 22.7 Å². The summed E-state index contributed by atoms with van der Waals surface area (Å²) >= 11 is 1.77. The fourth-order valence-electron chi connectivity index (χ4n) is 1.76. The Balaban J connectivity index is 1.79. The van der Waals surface area contributed by atoms with Crippen LogP contribution in [0.5, 0.6) is 0 Å². The number of methoxy groups -OCH3 is 1. The molecule has 1 atom stereocenters. The summed E-state index contributed by atoms with van der Waals surface area (Å²) in [6, 6.07) is 0.525. The first-order chi connectivity index (χ1) is 7.29. The predicted octanol–water partition coefficient (Wildman–Crippen LogP) is 1.97. The van der Waals surface area contributed by atoms with E-state index in [2.05, 4.69) is 10.3 Å². The van der Waals surface area contributed by atoms with Gasteiger partial charge in [-0.2, -0.15) is 0 Å². The average Bonchev–Trinajstić information content (AvgIpc) is 2.97. The lowest BCUT2D eigenvalue weighted by Gasteiger charge is -2.16. The van der Waals surface area contributed by atoms with E-state index < -0.39 is 0 Å². The van der Waals surface area contributed by atoms with Gasteiger partial charge in [-0.3, -0.25) is 0 Å². The SMILES string of the molecule is COCC(NCc1cnc(C)s1)C1CC1. The number of hydrogen-bond acceptors (Lipinski definition) is 4. The highest BCUT2D eigenvalue weighted by Crippen LogP contribution is 2.32. The number of thiazole rings is 1. The van der Waals surface area contributed by atoms with Gasteiger partial charge in [0.2, 0.25) is 0 Å². The number of aryl methyl sites for hydroxylation is 1. The molecule has 0 aliphatic heterocycles. The standard InChI is InChI=1S/C11H18N2OS/c1-8-12-5-10(15-8)6-13-11(7-14-2)9-3-4-9/h5,9,11,13H,3-4,6-7H2,1-2H3. The lowest BCUT2D eigenvalue weighted by atomic mass is 10.2. The van der Waals surface area contributed by atoms with Crippen molar-refractivity contribution in [2.24, 2.45) is 5.92 Å². The maximum absolute atomic E-state index is 5.22. The van der Waals surface area contributed by atoms with Crippen molar-refractivity contribution in [2.45, 2.75) is 32.4 Å². The molecule has 1 aromatic rings. The van der Waals surface area contributed by atoms with Gasteiger partial charge in [-0.1, -0.05) is 0 Å². The smallest absolute Gasteiger partial charge is 0.0897 e. The summed E-state index contributed by atoms with van der Waals surface area (Å²) in [5, 5.41) is 4.70. The van der Waals surface area contributed by atoms with Gasteiger partial charge < -0.3 is 10.1 Å². The molecule has 1 aliphatic rings. The number of nitrogens with one attached hydrogen (secondary N) is 1. The minimum atomic E-state index is 0.525. The molecular weight excluding hydrogens is 208 g/mol. The van der Waals surface area contributed by atoms with Gasteiger partial charge in [0, 0.05) is 30.8 Å². The topological polar surface area (TPSA) is 34.1 Å². The third-order valence-electron chi connectivity index (χ3n) is 2.74. The van der Waals surface area contributed by atoms with Gasteiger partial charge in [-0.05, 0) is 25.7 Å². The zero-order valence-corrected chi connectivity index (χ0v) is 10.1. The molecule has 0 bridgehead atoms. The van der Waals surface area contributed by atoms with Crippen LogP contribution in [-0.2, 0) is 11.3 Å². The van der Waals surface area contributed by atoms with E-state index in [1.807, 2.05) is 13.1 Å². The van der Waals surface area contributed by atoms with E-state index in [0.29, 0.717) is 6.04 Å². The van der Waals surface area contributed by atoms with Crippen molar-refractivity contribution in [3.63, 3.8) is 0 Å². The Morgan fingerprint density at radius 2 is 2.47 bits per heavy atom. The van der Waals surface area contributed by atoms with E-state index in [-0.39, 0.29) is 0 Å². The van der Waals surface area contributed by atoms with Crippen molar-refractivity contribution in [3.8, 4) is 0 Å². The van der Waals surface area contributed by atoms with E-state index in [0.717, 1.165) is 24.1 Å². The average molecular weight is 226 g/mol. The van der Waals surface area contributed by atoms with Crippen molar-refractivity contribution < 1.29 is 4.74 Å². The summed E-state index contributed by atoms with van der Waals surface area (Å²) in [4.78, 5) is 5.56. The number of nitrogens with zero attached hydrogens (tertiary/aromatic N) is 1. The van der Waals surface area contributed by atoms with Gasteiger partial charge in [0.1, 0.15) is 0 Å². The molecule has 1 aliphatic carbocycles. The number of aromatic nitrogens is 1. The second kappa shape index (κ2) is 5.05. The number of ether oxygens (including phenoxy) is 1. The fraction of sp³-hybridized carbons (Fsp3) is 0.727. The van der Waals surface area contributed by atoms with Crippen LogP contribution in [0.4, 0.5) is 0 Å². The van der Waals surface area contributed by atoms with Gasteiger partial charge in [0.15, 0.2) is 0 Å². The summed E-state index contributed by atoms with van der Waals surface area (Å²) in [5.74, 6) is 0.832. The third kappa shape index (κ3) is 3.26. The number of hydrogen-bond donors (Lipinski definition) is 1. The summed E-state index contributed by atoms with van der Waals surface area (Å²) < 4.78 is 5.22. The summed E-state index contributed by atoms with van der Waals surface area (Å²) in [6.45, 7) is 3.79. The maximum atomic E-state index is 5.22. The summed E-state index contributed by atoms with van der Waals surface area (Å²) in [5.41, 5.74) is 0. The van der Waals surface area contributed by atoms with Crippen LogP contribution in [0.2, 0.25) is 0 Å². The Labute approximate surface area is 94.9 Å². The Hall–Kier alpha value is -0.450. The van der Waals surface area contributed by atoms with Crippen LogP contribution < -0.4 is 5.32 Å². The number of rotatable bonds is 6. The van der Waals surface area contributed by atoms with Crippen LogP contribution in [0.3, 0.4) is 0 Å². The highest BCUT2D eigenvalue weighted by atomic mass is 32.1. The van der Waals surface area contributed by atoms with Gasteiger partial charge in [0.05, 0.1) is 11.6 Å². The molecule has 0 saturated heterocycles. The molecule has 84 valence electrons. The van der Waals surface area contributed by atoms with Crippen molar-refractivity contribution >= 4 is 11.3 Å². The molecule has 2 rings (SSSR count). The van der Waals surface area contributed by atoms with Gasteiger partial charge in [-0.25, -0.2) is 4.98 Å². The fourth-order valence-corrected chi connectivity index (χ4v) is 2.50. The van der Waals surface area contributed by atoms with Gasteiger partial charge in [-0.15, -0.1) is 11.3 Å². The Bertz CT molecular complexity index is 309. The molecular formula is C11H18N2OS. The maximum Gasteiger partial charge on any atom is 0.0897 e. The lowest BCUT2D eigenvalue weighted by molar-refractivity contribution is 0.157. The van der Waals surface area contributed by atoms with Crippen LogP contribution >= 0.6 is 11.3 Å². The second-order valence-electron chi connectivity index (χ2n) is 4.13. The predicted molar refractivity (Wildman–Crippen MR) is 62.1 cm³/mol. The molecule has 0 aromatic carbocycles. The molecule has 1 aromatic heterocycles. The van der Waals surface area contributed by atoms with Crippen LogP contribution in [0.15, 0.2) is 6.20 Å². The Morgan fingerprint density at radius 1 is 1.67 bits per heavy atom.